The van der Waals surface area contributed by atoms with Gasteiger partial charge in [-0.25, -0.2) is 4.79 Å². The summed E-state index contributed by atoms with van der Waals surface area (Å²) in [6, 6.07) is 22.5. The lowest BCUT2D eigenvalue weighted by Crippen LogP contribution is -2.39. The highest BCUT2D eigenvalue weighted by atomic mass is 16.5. The van der Waals surface area contributed by atoms with Crippen LogP contribution >= 0.6 is 0 Å². The number of hydrogen-bond acceptors (Lipinski definition) is 6. The first kappa shape index (κ1) is 25.3. The van der Waals surface area contributed by atoms with Gasteiger partial charge in [0.1, 0.15) is 23.4 Å². The highest BCUT2D eigenvalue weighted by Gasteiger charge is 2.23. The van der Waals surface area contributed by atoms with Crippen molar-refractivity contribution in [2.75, 3.05) is 19.7 Å². The van der Waals surface area contributed by atoms with Gasteiger partial charge in [-0.05, 0) is 49.1 Å². The quantitative estimate of drug-likeness (QED) is 0.262. The van der Waals surface area contributed by atoms with E-state index >= 15 is 0 Å². The van der Waals surface area contributed by atoms with Crippen molar-refractivity contribution in [2.24, 2.45) is 0 Å². The molecule has 7 nitrogen and oxygen atoms in total. The van der Waals surface area contributed by atoms with Crippen molar-refractivity contribution < 1.29 is 29.3 Å². The minimum absolute atomic E-state index is 0.0671. The molecule has 0 radical (unpaired) electrons. The van der Waals surface area contributed by atoms with Crippen LogP contribution in [0.3, 0.4) is 0 Å². The summed E-state index contributed by atoms with van der Waals surface area (Å²) in [6.07, 6.45) is 2.19. The molecule has 0 fully saturated rings. The van der Waals surface area contributed by atoms with Crippen molar-refractivity contribution in [3.8, 4) is 11.5 Å². The van der Waals surface area contributed by atoms with Crippen LogP contribution in [0.4, 0.5) is 0 Å². The Morgan fingerprint density at radius 2 is 1.75 bits per heavy atom. The summed E-state index contributed by atoms with van der Waals surface area (Å²) in [7, 11) is 0. The maximum atomic E-state index is 11.1. The predicted octanol–water partition coefficient (Wildman–Crippen LogP) is 4.81. The van der Waals surface area contributed by atoms with Crippen LogP contribution in [0.25, 0.3) is 10.8 Å². The average Bonchev–Trinajstić information content (AvgIpc) is 3.31. The summed E-state index contributed by atoms with van der Waals surface area (Å²) < 4.78 is 11.0. The first-order valence-corrected chi connectivity index (χ1v) is 12.0. The third kappa shape index (κ3) is 6.44. The van der Waals surface area contributed by atoms with Crippen LogP contribution in [0.1, 0.15) is 29.9 Å². The molecule has 4 rings (SSSR count). The molecule has 1 heterocycles. The molecule has 3 N–H and O–H groups in total. The van der Waals surface area contributed by atoms with Gasteiger partial charge in [0.05, 0.1) is 6.26 Å². The number of furan rings is 1. The van der Waals surface area contributed by atoms with E-state index in [1.54, 1.807) is 30.5 Å². The van der Waals surface area contributed by atoms with Crippen LogP contribution < -0.4 is 4.74 Å². The van der Waals surface area contributed by atoms with Gasteiger partial charge in [0.15, 0.2) is 6.61 Å². The molecule has 0 saturated carbocycles. The number of ether oxygens (including phenoxy) is 1. The van der Waals surface area contributed by atoms with Crippen LogP contribution in [0.15, 0.2) is 83.5 Å². The van der Waals surface area contributed by atoms with E-state index in [2.05, 4.69) is 11.8 Å². The van der Waals surface area contributed by atoms with Gasteiger partial charge in [-0.2, -0.15) is 0 Å². The molecule has 0 spiro atoms. The lowest BCUT2D eigenvalue weighted by molar-refractivity contribution is -0.139. The van der Waals surface area contributed by atoms with Crippen LogP contribution in [-0.2, 0) is 17.6 Å². The second-order valence-corrected chi connectivity index (χ2v) is 8.96. The van der Waals surface area contributed by atoms with E-state index in [1.165, 1.54) is 0 Å². The maximum Gasteiger partial charge on any atom is 0.341 e. The Kier molecular flexibility index (Phi) is 8.25. The number of aromatic hydroxyl groups is 1. The van der Waals surface area contributed by atoms with E-state index in [4.69, 9.17) is 14.3 Å². The number of para-hydroxylation sites is 1. The second kappa shape index (κ2) is 11.7. The third-order valence-electron chi connectivity index (χ3n) is 6.35. The normalized spacial score (nSPS) is 13.1. The topological polar surface area (TPSA) is 103 Å². The second-order valence-electron chi connectivity index (χ2n) is 8.96. The minimum atomic E-state index is -1.02. The van der Waals surface area contributed by atoms with Crippen molar-refractivity contribution >= 4 is 16.7 Å². The number of phenolic OH excluding ortho intramolecular Hbond substituents is 1. The number of aliphatic hydroxyl groups excluding tert-OH is 1. The smallest absolute Gasteiger partial charge is 0.341 e. The Balaban J connectivity index is 1.48. The van der Waals surface area contributed by atoms with Gasteiger partial charge < -0.3 is 24.5 Å². The first-order valence-electron chi connectivity index (χ1n) is 12.0. The predicted molar refractivity (Wildman–Crippen MR) is 137 cm³/mol. The number of phenols is 1. The fourth-order valence-electron chi connectivity index (χ4n) is 4.39. The zero-order chi connectivity index (χ0) is 25.5. The minimum Gasteiger partial charge on any atom is -0.508 e. The number of hydrogen-bond donors (Lipinski definition) is 3. The van der Waals surface area contributed by atoms with Crippen LogP contribution in [-0.4, -0.2) is 51.9 Å². The molecule has 1 aromatic heterocycles. The number of aliphatic carboxylic acids is 1. The number of fused-ring (bicyclic) bond motifs is 1. The lowest BCUT2D eigenvalue weighted by atomic mass is 10.0. The Labute approximate surface area is 210 Å². The zero-order valence-corrected chi connectivity index (χ0v) is 20.2. The van der Waals surface area contributed by atoms with Crippen LogP contribution in [0.5, 0.6) is 11.5 Å². The number of benzene rings is 3. The van der Waals surface area contributed by atoms with Gasteiger partial charge in [0, 0.05) is 29.9 Å². The monoisotopic (exact) mass is 489 g/mol. The molecule has 188 valence electrons. The van der Waals surface area contributed by atoms with Crippen molar-refractivity contribution in [1.82, 2.24) is 4.90 Å². The van der Waals surface area contributed by atoms with E-state index in [1.807, 2.05) is 48.5 Å². The standard InChI is InChI=1S/C29H31NO6/c1-20(16-21-10-12-24(13-11-21)35-19-28(33)34)30(15-14-22-6-3-5-9-26(22)31)17-27(32)29-25-8-4-2-7-23(25)18-36-29/h2-13,18,20,27,31-32H,14-17,19H2,1H3,(H,33,34). The molecule has 0 saturated heterocycles. The fraction of sp³-hybridized carbons (Fsp3) is 0.276. The summed E-state index contributed by atoms with van der Waals surface area (Å²) in [6.45, 7) is 2.72. The molecule has 4 aromatic rings. The van der Waals surface area contributed by atoms with Crippen LogP contribution in [0.2, 0.25) is 0 Å². The Morgan fingerprint density at radius 3 is 2.50 bits per heavy atom. The number of rotatable bonds is 12. The van der Waals surface area contributed by atoms with Gasteiger partial charge in [-0.1, -0.05) is 54.6 Å². The molecule has 2 atom stereocenters. The molecule has 0 aliphatic heterocycles. The largest absolute Gasteiger partial charge is 0.508 e. The molecule has 36 heavy (non-hydrogen) atoms. The van der Waals surface area contributed by atoms with Gasteiger partial charge in [0.25, 0.3) is 0 Å². The van der Waals surface area contributed by atoms with Gasteiger partial charge in [0.2, 0.25) is 0 Å². The Bertz CT molecular complexity index is 1280. The van der Waals surface area contributed by atoms with Gasteiger partial charge >= 0.3 is 5.97 Å². The van der Waals surface area contributed by atoms with E-state index in [0.29, 0.717) is 37.4 Å². The van der Waals surface area contributed by atoms with Crippen molar-refractivity contribution in [3.05, 3.63) is 95.9 Å². The van der Waals surface area contributed by atoms with E-state index < -0.39 is 12.1 Å². The highest BCUT2D eigenvalue weighted by molar-refractivity contribution is 5.84. The van der Waals surface area contributed by atoms with E-state index in [9.17, 15) is 15.0 Å². The maximum absolute atomic E-state index is 11.1. The average molecular weight is 490 g/mol. The summed E-state index contributed by atoms with van der Waals surface area (Å²) in [4.78, 5) is 12.9. The molecule has 0 aliphatic carbocycles. The Morgan fingerprint density at radius 1 is 1.03 bits per heavy atom. The van der Waals surface area contributed by atoms with E-state index in [0.717, 1.165) is 21.9 Å². The molecule has 0 bridgehead atoms. The zero-order valence-electron chi connectivity index (χ0n) is 20.2. The van der Waals surface area contributed by atoms with Gasteiger partial charge in [-0.15, -0.1) is 0 Å². The molecule has 0 amide bonds. The summed E-state index contributed by atoms with van der Waals surface area (Å²) in [5.74, 6) is 0.297. The highest BCUT2D eigenvalue weighted by Crippen LogP contribution is 2.28. The number of aliphatic hydroxyl groups is 1. The fourth-order valence-corrected chi connectivity index (χ4v) is 4.39. The van der Waals surface area contributed by atoms with Crippen molar-refractivity contribution in [1.29, 1.82) is 0 Å². The summed E-state index contributed by atoms with van der Waals surface area (Å²) in [5.41, 5.74) is 1.92. The third-order valence-corrected chi connectivity index (χ3v) is 6.35. The SMILES string of the molecule is CC(Cc1ccc(OCC(=O)O)cc1)N(CCc1ccccc1O)CC(O)c1occ2ccccc12. The summed E-state index contributed by atoms with van der Waals surface area (Å²) in [5, 5.41) is 32.0. The number of carbonyl (C=O) groups is 1. The molecular formula is C29H31NO6. The number of carboxylic acid groups (broad SMARTS) is 1. The molecule has 7 heteroatoms. The first-order chi connectivity index (χ1) is 17.4. The van der Waals surface area contributed by atoms with Gasteiger partial charge in [-0.3, -0.25) is 4.90 Å². The molecule has 2 unspecified atom stereocenters. The van der Waals surface area contributed by atoms with Crippen LogP contribution in [0, 0.1) is 0 Å². The lowest BCUT2D eigenvalue weighted by Gasteiger charge is -2.31. The summed E-state index contributed by atoms with van der Waals surface area (Å²) >= 11 is 0. The van der Waals surface area contributed by atoms with E-state index in [-0.39, 0.29) is 18.4 Å². The molecule has 0 aliphatic rings. The molecule has 3 aromatic carbocycles. The Hall–Kier alpha value is -3.81. The van der Waals surface area contributed by atoms with Crippen molar-refractivity contribution in [3.63, 3.8) is 0 Å². The number of carboxylic acids is 1. The van der Waals surface area contributed by atoms with Crippen molar-refractivity contribution in [2.45, 2.75) is 31.9 Å². The molecular weight excluding hydrogens is 458 g/mol. The number of nitrogens with zero attached hydrogens (tertiary/aromatic N) is 1.